The largest absolute Gasteiger partial charge is 0.481 e. The van der Waals surface area contributed by atoms with Crippen LogP contribution < -0.4 is 15.4 Å². The summed E-state index contributed by atoms with van der Waals surface area (Å²) in [4.78, 5) is 28.8. The van der Waals surface area contributed by atoms with Gasteiger partial charge in [-0.1, -0.05) is 54.1 Å². The van der Waals surface area contributed by atoms with Gasteiger partial charge in [0.25, 0.3) is 0 Å². The number of benzene rings is 3. The number of rotatable bonds is 8. The van der Waals surface area contributed by atoms with E-state index < -0.39 is 5.97 Å². The number of hydrogen-bond acceptors (Lipinski definition) is 5. The van der Waals surface area contributed by atoms with E-state index in [0.717, 1.165) is 17.5 Å². The van der Waals surface area contributed by atoms with Crippen LogP contribution >= 0.6 is 11.6 Å². The number of nitrogens with zero attached hydrogens (tertiary/aromatic N) is 1. The number of urea groups is 1. The summed E-state index contributed by atoms with van der Waals surface area (Å²) in [5.41, 5.74) is 3.79. The predicted molar refractivity (Wildman–Crippen MR) is 137 cm³/mol. The monoisotopic (exact) mass is 489 g/mol. The van der Waals surface area contributed by atoms with E-state index in [1.165, 1.54) is 7.11 Å². The van der Waals surface area contributed by atoms with Crippen molar-refractivity contribution >= 4 is 40.2 Å². The van der Waals surface area contributed by atoms with Gasteiger partial charge in [-0.15, -0.1) is 0 Å². The van der Waals surface area contributed by atoms with Crippen LogP contribution in [0.15, 0.2) is 78.9 Å². The van der Waals surface area contributed by atoms with Crippen molar-refractivity contribution in [3.63, 3.8) is 0 Å². The topological polar surface area (TPSA) is 89.6 Å². The van der Waals surface area contributed by atoms with E-state index in [1.807, 2.05) is 42.5 Å². The van der Waals surface area contributed by atoms with Gasteiger partial charge < -0.3 is 20.1 Å². The van der Waals surface area contributed by atoms with Crippen molar-refractivity contribution in [1.29, 1.82) is 0 Å². The molecule has 0 bridgehead atoms. The summed E-state index contributed by atoms with van der Waals surface area (Å²) in [5, 5.41) is 6.91. The van der Waals surface area contributed by atoms with Crippen LogP contribution in [0.5, 0.6) is 5.75 Å². The molecule has 4 aromatic rings. The summed E-state index contributed by atoms with van der Waals surface area (Å²) in [6, 6.07) is 24.0. The lowest BCUT2D eigenvalue weighted by Gasteiger charge is -2.13. The number of esters is 1. The number of hydrogen-bond donors (Lipinski definition) is 2. The number of ether oxygens (including phenoxy) is 2. The van der Waals surface area contributed by atoms with E-state index >= 15 is 0 Å². The first-order valence-electron chi connectivity index (χ1n) is 11.0. The summed E-state index contributed by atoms with van der Waals surface area (Å²) in [6.45, 7) is 0.240. The van der Waals surface area contributed by atoms with Crippen LogP contribution in [0.2, 0.25) is 5.02 Å². The van der Waals surface area contributed by atoms with E-state index in [0.29, 0.717) is 39.6 Å². The normalized spacial score (nSPS) is 10.6. The number of nitrogens with one attached hydrogen (secondary N) is 2. The van der Waals surface area contributed by atoms with E-state index in [4.69, 9.17) is 26.1 Å². The second kappa shape index (κ2) is 11.4. The first-order chi connectivity index (χ1) is 17.0. The Morgan fingerprint density at radius 3 is 2.57 bits per heavy atom. The summed E-state index contributed by atoms with van der Waals surface area (Å²) in [6.07, 6.45) is 0.730. The zero-order valence-electron chi connectivity index (χ0n) is 19.1. The summed E-state index contributed by atoms with van der Waals surface area (Å²) < 4.78 is 10.5. The van der Waals surface area contributed by atoms with Crippen LogP contribution in [0.3, 0.4) is 0 Å². The SMILES string of the molecule is COC(=O)COc1cc(-c2cccc(Cl)c2)nc2ccc(NC(=O)NCCc3ccccc3)cc12. The highest BCUT2D eigenvalue weighted by molar-refractivity contribution is 6.30. The summed E-state index contributed by atoms with van der Waals surface area (Å²) in [7, 11) is 1.30. The standard InChI is InChI=1S/C27H24ClN3O4/c1-34-26(32)17-35-25-16-24(19-8-5-9-20(28)14-19)31-23-11-10-21(15-22(23)25)30-27(33)29-13-12-18-6-3-2-4-7-18/h2-11,14-16H,12-13,17H2,1H3,(H2,29,30,33). The first kappa shape index (κ1) is 24.0. The fourth-order valence-electron chi connectivity index (χ4n) is 3.52. The molecule has 0 saturated heterocycles. The third-order valence-corrected chi connectivity index (χ3v) is 5.50. The summed E-state index contributed by atoms with van der Waals surface area (Å²) in [5.74, 6) is -0.0742. The van der Waals surface area contributed by atoms with Gasteiger partial charge in [-0.05, 0) is 42.3 Å². The molecule has 0 aliphatic heterocycles. The van der Waals surface area contributed by atoms with Gasteiger partial charge in [-0.2, -0.15) is 0 Å². The molecule has 0 radical (unpaired) electrons. The molecule has 0 saturated carbocycles. The number of carbonyl (C=O) groups excluding carboxylic acids is 2. The van der Waals surface area contributed by atoms with Crippen LogP contribution in [0.1, 0.15) is 5.56 Å². The second-order valence-corrected chi connectivity index (χ2v) is 8.17. The van der Waals surface area contributed by atoms with E-state index in [9.17, 15) is 9.59 Å². The van der Waals surface area contributed by atoms with Gasteiger partial charge >= 0.3 is 12.0 Å². The highest BCUT2D eigenvalue weighted by Crippen LogP contribution is 2.32. The molecule has 2 N–H and O–H groups in total. The molecule has 0 unspecified atom stereocenters. The fourth-order valence-corrected chi connectivity index (χ4v) is 3.71. The van der Waals surface area contributed by atoms with Gasteiger partial charge in [-0.3, -0.25) is 0 Å². The Bertz CT molecular complexity index is 1350. The Balaban J connectivity index is 1.55. The smallest absolute Gasteiger partial charge is 0.343 e. The number of anilines is 1. The number of aromatic nitrogens is 1. The van der Waals surface area contributed by atoms with Crippen molar-refractivity contribution in [1.82, 2.24) is 10.3 Å². The Morgan fingerprint density at radius 2 is 1.80 bits per heavy atom. The van der Waals surface area contributed by atoms with Crippen molar-refractivity contribution in [3.05, 3.63) is 89.4 Å². The molecular formula is C27H24ClN3O4. The first-order valence-corrected chi connectivity index (χ1v) is 11.4. The Hall–Kier alpha value is -4.10. The van der Waals surface area contributed by atoms with Crippen molar-refractivity contribution in [3.8, 4) is 17.0 Å². The molecule has 0 fully saturated rings. The molecule has 1 heterocycles. The van der Waals surface area contributed by atoms with Crippen molar-refractivity contribution in [2.75, 3.05) is 25.6 Å². The number of fused-ring (bicyclic) bond motifs is 1. The number of methoxy groups -OCH3 is 1. The molecule has 0 aliphatic carbocycles. The minimum atomic E-state index is -0.508. The molecule has 0 spiro atoms. The Morgan fingerprint density at radius 1 is 0.971 bits per heavy atom. The minimum absolute atomic E-state index is 0.262. The van der Waals surface area contributed by atoms with Gasteiger partial charge in [0, 0.05) is 34.3 Å². The molecular weight excluding hydrogens is 466 g/mol. The molecule has 7 nitrogen and oxygen atoms in total. The van der Waals surface area contributed by atoms with E-state index in [2.05, 4.69) is 10.6 Å². The molecule has 0 aliphatic rings. The average molecular weight is 490 g/mol. The molecule has 3 aromatic carbocycles. The van der Waals surface area contributed by atoms with Gasteiger partial charge in [-0.25, -0.2) is 14.6 Å². The predicted octanol–water partition coefficient (Wildman–Crippen LogP) is 5.47. The highest BCUT2D eigenvalue weighted by atomic mass is 35.5. The number of carbonyl (C=O) groups is 2. The third kappa shape index (κ3) is 6.49. The lowest BCUT2D eigenvalue weighted by Crippen LogP contribution is -2.30. The molecule has 0 atom stereocenters. The lowest BCUT2D eigenvalue weighted by atomic mass is 10.1. The van der Waals surface area contributed by atoms with Gasteiger partial charge in [0.1, 0.15) is 5.75 Å². The van der Waals surface area contributed by atoms with Gasteiger partial charge in [0.15, 0.2) is 6.61 Å². The van der Waals surface area contributed by atoms with Crippen molar-refractivity contribution in [2.45, 2.75) is 6.42 Å². The van der Waals surface area contributed by atoms with Crippen LogP contribution in [0.4, 0.5) is 10.5 Å². The third-order valence-electron chi connectivity index (χ3n) is 5.26. The van der Waals surface area contributed by atoms with Crippen LogP contribution in [0, 0.1) is 0 Å². The van der Waals surface area contributed by atoms with Crippen LogP contribution in [-0.2, 0) is 16.0 Å². The zero-order valence-corrected chi connectivity index (χ0v) is 19.8. The highest BCUT2D eigenvalue weighted by Gasteiger charge is 2.13. The van der Waals surface area contributed by atoms with Crippen molar-refractivity contribution in [2.24, 2.45) is 0 Å². The quantitative estimate of drug-likeness (QED) is 0.320. The molecule has 178 valence electrons. The Labute approximate surface area is 208 Å². The van der Waals surface area contributed by atoms with Gasteiger partial charge in [0.2, 0.25) is 0 Å². The van der Waals surface area contributed by atoms with Crippen molar-refractivity contribution < 1.29 is 19.1 Å². The maximum Gasteiger partial charge on any atom is 0.343 e. The van der Waals surface area contributed by atoms with E-state index in [1.54, 1.807) is 36.4 Å². The number of amides is 2. The molecule has 4 rings (SSSR count). The fraction of sp³-hybridized carbons (Fsp3) is 0.148. The summed E-state index contributed by atoms with van der Waals surface area (Å²) >= 11 is 6.15. The van der Waals surface area contributed by atoms with Crippen LogP contribution in [-0.4, -0.2) is 37.2 Å². The second-order valence-electron chi connectivity index (χ2n) is 7.73. The lowest BCUT2D eigenvalue weighted by molar-refractivity contribution is -0.142. The minimum Gasteiger partial charge on any atom is -0.481 e. The Kier molecular flexibility index (Phi) is 7.80. The maximum absolute atomic E-state index is 12.4. The molecule has 1 aromatic heterocycles. The molecule has 8 heteroatoms. The average Bonchev–Trinajstić information content (AvgIpc) is 2.87. The van der Waals surface area contributed by atoms with Gasteiger partial charge in [0.05, 0.1) is 18.3 Å². The van der Waals surface area contributed by atoms with E-state index in [-0.39, 0.29) is 12.6 Å². The molecule has 35 heavy (non-hydrogen) atoms. The number of pyridine rings is 1. The number of halogens is 1. The molecule has 2 amide bonds. The zero-order chi connectivity index (χ0) is 24.6. The maximum atomic E-state index is 12.4. The van der Waals surface area contributed by atoms with Crippen LogP contribution in [0.25, 0.3) is 22.2 Å².